The zero-order chi connectivity index (χ0) is 22.7. The lowest BCUT2D eigenvalue weighted by Crippen LogP contribution is -2.27. The molecule has 0 saturated heterocycles. The third-order valence-electron chi connectivity index (χ3n) is 5.79. The molecule has 0 aliphatic heterocycles. The van der Waals surface area contributed by atoms with Crippen molar-refractivity contribution in [3.63, 3.8) is 0 Å². The van der Waals surface area contributed by atoms with E-state index in [0.29, 0.717) is 11.5 Å². The number of Topliss-reactive ketones (excluding diaryl/α,β-unsaturated/α-hetero) is 1. The van der Waals surface area contributed by atoms with Gasteiger partial charge in [-0.2, -0.15) is 0 Å². The van der Waals surface area contributed by atoms with Gasteiger partial charge in [0.1, 0.15) is 18.1 Å². The fourth-order valence-electron chi connectivity index (χ4n) is 3.63. The van der Waals surface area contributed by atoms with Crippen molar-refractivity contribution in [1.29, 1.82) is 0 Å². The summed E-state index contributed by atoms with van der Waals surface area (Å²) in [5.41, 5.74) is 1.32. The van der Waals surface area contributed by atoms with E-state index in [1.165, 1.54) is 4.90 Å². The van der Waals surface area contributed by atoms with Gasteiger partial charge in [0.05, 0.1) is 5.41 Å². The SMILES string of the molecule is CCC(CC)(c1ccc(OCC(=O)C(C)(C)C)cc1)c1oc(C(=O)N(C)C)cc1C. The van der Waals surface area contributed by atoms with Crippen molar-refractivity contribution < 1.29 is 18.7 Å². The Morgan fingerprint density at radius 2 is 1.60 bits per heavy atom. The number of hydrogen-bond donors (Lipinski definition) is 0. The van der Waals surface area contributed by atoms with E-state index in [-0.39, 0.29) is 23.7 Å². The summed E-state index contributed by atoms with van der Waals surface area (Å²) in [6, 6.07) is 9.68. The predicted octanol–water partition coefficient (Wildman–Crippen LogP) is 5.39. The maximum atomic E-state index is 12.4. The highest BCUT2D eigenvalue weighted by Crippen LogP contribution is 2.42. The van der Waals surface area contributed by atoms with Crippen molar-refractivity contribution in [2.45, 2.75) is 59.8 Å². The van der Waals surface area contributed by atoms with Gasteiger partial charge in [0, 0.05) is 19.5 Å². The van der Waals surface area contributed by atoms with Crippen LogP contribution in [-0.2, 0) is 10.2 Å². The first-order chi connectivity index (χ1) is 14.0. The number of carbonyl (C=O) groups is 2. The first-order valence-electron chi connectivity index (χ1n) is 10.6. The second-order valence-electron chi connectivity index (χ2n) is 9.10. The van der Waals surface area contributed by atoms with E-state index >= 15 is 0 Å². The number of aryl methyl sites for hydroxylation is 1. The van der Waals surface area contributed by atoms with Crippen LogP contribution in [0.4, 0.5) is 0 Å². The molecule has 1 heterocycles. The van der Waals surface area contributed by atoms with Crippen LogP contribution < -0.4 is 4.74 Å². The summed E-state index contributed by atoms with van der Waals surface area (Å²) in [4.78, 5) is 26.0. The number of amides is 1. The number of rotatable bonds is 8. The first-order valence-corrected chi connectivity index (χ1v) is 10.6. The molecule has 164 valence electrons. The molecule has 2 aromatic rings. The highest BCUT2D eigenvalue weighted by atomic mass is 16.5. The zero-order valence-corrected chi connectivity index (χ0v) is 19.6. The topological polar surface area (TPSA) is 59.8 Å². The quantitative estimate of drug-likeness (QED) is 0.582. The van der Waals surface area contributed by atoms with Crippen molar-refractivity contribution >= 4 is 11.7 Å². The van der Waals surface area contributed by atoms with Gasteiger partial charge in [0.25, 0.3) is 5.91 Å². The van der Waals surface area contributed by atoms with Crippen LogP contribution in [0, 0.1) is 12.3 Å². The minimum atomic E-state index is -0.419. The average Bonchev–Trinajstić information content (AvgIpc) is 3.09. The number of nitrogens with zero attached hydrogens (tertiary/aromatic N) is 1. The van der Waals surface area contributed by atoms with E-state index in [9.17, 15) is 9.59 Å². The summed E-state index contributed by atoms with van der Waals surface area (Å²) in [5.74, 6) is 1.77. The fraction of sp³-hybridized carbons (Fsp3) is 0.520. The third kappa shape index (κ3) is 4.77. The molecule has 5 nitrogen and oxygen atoms in total. The lowest BCUT2D eigenvalue weighted by atomic mass is 9.73. The Bertz CT molecular complexity index is 881. The average molecular weight is 414 g/mol. The Labute approximate surface area is 180 Å². The van der Waals surface area contributed by atoms with Gasteiger partial charge in [0.15, 0.2) is 11.5 Å². The van der Waals surface area contributed by atoms with E-state index in [4.69, 9.17) is 9.15 Å². The van der Waals surface area contributed by atoms with Crippen LogP contribution in [0.25, 0.3) is 0 Å². The van der Waals surface area contributed by atoms with Gasteiger partial charge in [-0.25, -0.2) is 0 Å². The second-order valence-corrected chi connectivity index (χ2v) is 9.10. The molecule has 1 aromatic carbocycles. The van der Waals surface area contributed by atoms with Crippen molar-refractivity contribution in [1.82, 2.24) is 4.90 Å². The van der Waals surface area contributed by atoms with E-state index in [2.05, 4.69) is 13.8 Å². The minimum absolute atomic E-state index is 0.0584. The highest BCUT2D eigenvalue weighted by Gasteiger charge is 2.36. The van der Waals surface area contributed by atoms with Crippen LogP contribution in [0.2, 0.25) is 0 Å². The van der Waals surface area contributed by atoms with Crippen LogP contribution >= 0.6 is 0 Å². The predicted molar refractivity (Wildman–Crippen MR) is 119 cm³/mol. The molecule has 0 aliphatic rings. The lowest BCUT2D eigenvalue weighted by Gasteiger charge is -2.31. The van der Waals surface area contributed by atoms with Crippen LogP contribution in [0.1, 0.15) is 74.9 Å². The Hall–Kier alpha value is -2.56. The fourth-order valence-corrected chi connectivity index (χ4v) is 3.63. The van der Waals surface area contributed by atoms with Gasteiger partial charge in [-0.05, 0) is 49.1 Å². The van der Waals surface area contributed by atoms with Gasteiger partial charge in [0.2, 0.25) is 0 Å². The van der Waals surface area contributed by atoms with Crippen molar-refractivity contribution in [3.8, 4) is 5.75 Å². The van der Waals surface area contributed by atoms with Gasteiger partial charge in [-0.15, -0.1) is 0 Å². The molecule has 0 aliphatic carbocycles. The smallest absolute Gasteiger partial charge is 0.289 e. The van der Waals surface area contributed by atoms with Crippen molar-refractivity contribution in [2.75, 3.05) is 20.7 Å². The summed E-state index contributed by atoms with van der Waals surface area (Å²) in [7, 11) is 3.44. The van der Waals surface area contributed by atoms with Crippen LogP contribution in [0.5, 0.6) is 5.75 Å². The van der Waals surface area contributed by atoms with Gasteiger partial charge in [-0.3, -0.25) is 9.59 Å². The molecule has 0 atom stereocenters. The van der Waals surface area contributed by atoms with Gasteiger partial charge >= 0.3 is 0 Å². The summed E-state index contributed by atoms with van der Waals surface area (Å²) in [6.07, 6.45) is 1.66. The molecule has 0 spiro atoms. The number of hydrogen-bond acceptors (Lipinski definition) is 4. The van der Waals surface area contributed by atoms with E-state index < -0.39 is 5.41 Å². The Morgan fingerprint density at radius 1 is 1.03 bits per heavy atom. The molecular weight excluding hydrogens is 378 g/mol. The minimum Gasteiger partial charge on any atom is -0.486 e. The molecule has 0 unspecified atom stereocenters. The number of ketones is 1. The summed E-state index contributed by atoms with van der Waals surface area (Å²) < 4.78 is 11.8. The number of carbonyl (C=O) groups excluding carboxylic acids is 2. The normalized spacial score (nSPS) is 12.0. The zero-order valence-electron chi connectivity index (χ0n) is 19.6. The van der Waals surface area contributed by atoms with Crippen LogP contribution in [0.15, 0.2) is 34.7 Å². The van der Waals surface area contributed by atoms with Crippen molar-refractivity contribution in [2.24, 2.45) is 5.41 Å². The third-order valence-corrected chi connectivity index (χ3v) is 5.79. The monoisotopic (exact) mass is 413 g/mol. The molecular formula is C25H35NO4. The second kappa shape index (κ2) is 9.07. The lowest BCUT2D eigenvalue weighted by molar-refractivity contribution is -0.128. The van der Waals surface area contributed by atoms with Gasteiger partial charge in [-0.1, -0.05) is 46.8 Å². The molecule has 5 heteroatoms. The first kappa shape index (κ1) is 23.7. The maximum absolute atomic E-state index is 12.4. The standard InChI is InChI=1S/C25H35NO4/c1-9-25(10-2,22-17(3)15-20(30-22)23(28)26(7)8)18-11-13-19(14-12-18)29-16-21(27)24(4,5)6/h11-15H,9-10,16H2,1-8H3. The van der Waals surface area contributed by atoms with Crippen molar-refractivity contribution in [3.05, 3.63) is 53.0 Å². The maximum Gasteiger partial charge on any atom is 0.289 e. The molecule has 0 radical (unpaired) electrons. The Balaban J connectivity index is 2.34. The molecule has 0 bridgehead atoms. The van der Waals surface area contributed by atoms with Crippen LogP contribution in [0.3, 0.4) is 0 Å². The molecule has 0 N–H and O–H groups in total. The molecule has 1 amide bonds. The molecule has 0 fully saturated rings. The van der Waals surface area contributed by atoms with E-state index in [1.54, 1.807) is 14.1 Å². The van der Waals surface area contributed by atoms with Crippen LogP contribution in [-0.4, -0.2) is 37.3 Å². The molecule has 1 aromatic heterocycles. The molecule has 0 saturated carbocycles. The molecule has 30 heavy (non-hydrogen) atoms. The van der Waals surface area contributed by atoms with Gasteiger partial charge < -0.3 is 14.1 Å². The number of ether oxygens (including phenoxy) is 1. The largest absolute Gasteiger partial charge is 0.486 e. The number of benzene rings is 1. The summed E-state index contributed by atoms with van der Waals surface area (Å²) in [6.45, 7) is 12.0. The van der Waals surface area contributed by atoms with E-state index in [0.717, 1.165) is 29.7 Å². The summed E-state index contributed by atoms with van der Waals surface area (Å²) in [5, 5.41) is 0. The highest BCUT2D eigenvalue weighted by molar-refractivity contribution is 5.91. The Morgan fingerprint density at radius 3 is 2.07 bits per heavy atom. The van der Waals surface area contributed by atoms with E-state index in [1.807, 2.05) is 58.0 Å². The Kier molecular flexibility index (Phi) is 7.17. The molecule has 2 rings (SSSR count). The summed E-state index contributed by atoms with van der Waals surface area (Å²) >= 11 is 0. The number of furan rings is 1.